The van der Waals surface area contributed by atoms with Crippen LogP contribution >= 0.6 is 0 Å². The zero-order valence-corrected chi connectivity index (χ0v) is 38.2. The number of hydrogen-bond acceptors (Lipinski definition) is 13. The van der Waals surface area contributed by atoms with E-state index in [1.807, 2.05) is 6.07 Å². The zero-order valence-electron chi connectivity index (χ0n) is 38.2. The van der Waals surface area contributed by atoms with Gasteiger partial charge in [-0.15, -0.1) is 0 Å². The Bertz CT molecular complexity index is 2540. The monoisotopic (exact) mass is 938 g/mol. The third-order valence-electron chi connectivity index (χ3n) is 15.3. The second kappa shape index (κ2) is 19.7. The van der Waals surface area contributed by atoms with Crippen LogP contribution in [0.25, 0.3) is 5.65 Å². The Labute approximate surface area is 392 Å². The fraction of sp³-hybridized carbons (Fsp3) is 0.592. The Morgan fingerprint density at radius 1 is 0.897 bits per heavy atom. The van der Waals surface area contributed by atoms with E-state index >= 15 is 0 Å². The number of amides is 4. The van der Waals surface area contributed by atoms with Gasteiger partial charge in [0, 0.05) is 70.1 Å². The Kier molecular flexibility index (Phi) is 13.4. The second-order valence-electron chi connectivity index (χ2n) is 19.7. The zero-order chi connectivity index (χ0) is 47.1. The summed E-state index contributed by atoms with van der Waals surface area (Å²) in [5, 5.41) is 24.6. The largest absolute Gasteiger partial charge is 0.391 e. The number of aromatic nitrogens is 5. The molecule has 0 radical (unpaired) electrons. The van der Waals surface area contributed by atoms with Crippen LogP contribution < -0.4 is 15.5 Å². The number of carbonyl (C=O) groups excluding carboxylic acids is 5. The number of piperidine rings is 3. The molecule has 3 atom stereocenters. The number of anilines is 2. The number of nitrogens with zero attached hydrogens (tertiary/aromatic N) is 8. The molecule has 5 fully saturated rings. The van der Waals surface area contributed by atoms with Gasteiger partial charge < -0.3 is 25.0 Å². The molecule has 4 aromatic rings. The van der Waals surface area contributed by atoms with Gasteiger partial charge in [-0.25, -0.2) is 18.3 Å². The van der Waals surface area contributed by atoms with Gasteiger partial charge in [0.1, 0.15) is 17.6 Å². The number of fused-ring (bicyclic) bond motifs is 2. The Morgan fingerprint density at radius 3 is 2.43 bits per heavy atom. The number of aliphatic hydroxyl groups excluding tert-OH is 1. The van der Waals surface area contributed by atoms with Gasteiger partial charge in [-0.3, -0.25) is 38.9 Å². The van der Waals surface area contributed by atoms with E-state index < -0.39 is 42.2 Å². The SMILES string of the molecule is O=C1CCC(N2C(=O)c3cccc(N4CCC(COC5CCN(CC6CCC(n7cc(CC(=O)c8cnn9ccc(N[C@@H]%10CCCC[C@@H]%10O)nc89)c(C(F)F)n7)CC6)CC5)CC4)c3C2=O)C(=O)N1. The standard InChI is InChI=1S/C49H60F2N10O7/c50-45(51)44-31(24-40(63)35-25-52-59-23-18-41(54-46(35)59)53-36-5-1-2-7-39(36)62)27-60(56-44)32-10-8-29(9-11-32)26-57-19-16-33(17-20-57)68-28-30-14-21-58(22-15-30)37-6-3-4-34-43(37)49(67)61(48(34)66)38-12-13-42(64)55-47(38)65/h3-4,6,18,23,25,27,29-30,32-33,36,38-39,45,62H,1-2,5,7-17,19-22,24,26,28H2,(H,53,54)(H,55,64,65)/t29?,32?,36-,38?,39+/m1/s1. The summed E-state index contributed by atoms with van der Waals surface area (Å²) in [6, 6.07) is 5.87. The average molecular weight is 939 g/mol. The molecule has 4 amide bonds. The fourth-order valence-electron chi connectivity index (χ4n) is 11.4. The van der Waals surface area contributed by atoms with Crippen molar-refractivity contribution < 1.29 is 42.6 Å². The topological polar surface area (TPSA) is 197 Å². The molecule has 19 heteroatoms. The lowest BCUT2D eigenvalue weighted by molar-refractivity contribution is -0.136. The Morgan fingerprint density at radius 2 is 1.68 bits per heavy atom. The van der Waals surface area contributed by atoms with Crippen LogP contribution in [0, 0.1) is 11.8 Å². The molecule has 3 saturated heterocycles. The quantitative estimate of drug-likeness (QED) is 0.106. The molecule has 0 spiro atoms. The maximum absolute atomic E-state index is 14.4. The number of alkyl halides is 2. The first-order valence-corrected chi connectivity index (χ1v) is 24.6. The highest BCUT2D eigenvalue weighted by molar-refractivity contribution is 6.25. The third-order valence-corrected chi connectivity index (χ3v) is 15.3. The van der Waals surface area contributed by atoms with E-state index in [9.17, 15) is 37.9 Å². The number of imide groups is 2. The van der Waals surface area contributed by atoms with Crippen LogP contribution in [-0.2, 0) is 20.7 Å². The normalized spacial score (nSPS) is 25.7. The molecule has 3 N–H and O–H groups in total. The highest BCUT2D eigenvalue weighted by atomic mass is 19.3. The van der Waals surface area contributed by atoms with Crippen molar-refractivity contribution in [3.63, 3.8) is 0 Å². The number of aliphatic hydroxyl groups is 1. The number of ether oxygens (including phenoxy) is 1. The molecule has 17 nitrogen and oxygen atoms in total. The van der Waals surface area contributed by atoms with Crippen molar-refractivity contribution in [2.24, 2.45) is 11.8 Å². The number of nitrogens with one attached hydrogen (secondary N) is 2. The van der Waals surface area contributed by atoms with Gasteiger partial charge in [0.2, 0.25) is 11.8 Å². The lowest BCUT2D eigenvalue weighted by atomic mass is 9.85. The molecule has 10 rings (SSSR count). The average Bonchev–Trinajstić information content (AvgIpc) is 4.04. The van der Waals surface area contributed by atoms with Crippen LogP contribution in [0.4, 0.5) is 20.3 Å². The van der Waals surface area contributed by atoms with E-state index in [2.05, 4.69) is 35.6 Å². The lowest BCUT2D eigenvalue weighted by Crippen LogP contribution is -2.54. The van der Waals surface area contributed by atoms with Crippen molar-refractivity contribution in [1.29, 1.82) is 0 Å². The van der Waals surface area contributed by atoms with Gasteiger partial charge in [-0.2, -0.15) is 10.2 Å². The molecule has 1 unspecified atom stereocenters. The summed E-state index contributed by atoms with van der Waals surface area (Å²) in [6.07, 6.45) is 12.4. The first-order valence-electron chi connectivity index (χ1n) is 24.6. The molecule has 68 heavy (non-hydrogen) atoms. The van der Waals surface area contributed by atoms with Crippen molar-refractivity contribution in [3.8, 4) is 0 Å². The van der Waals surface area contributed by atoms with Gasteiger partial charge in [0.25, 0.3) is 18.2 Å². The van der Waals surface area contributed by atoms with Crippen molar-refractivity contribution in [2.45, 2.75) is 133 Å². The molecule has 0 bridgehead atoms. The first kappa shape index (κ1) is 46.1. The molecule has 2 aliphatic carbocycles. The van der Waals surface area contributed by atoms with Crippen LogP contribution in [0.2, 0.25) is 0 Å². The van der Waals surface area contributed by atoms with E-state index in [1.54, 1.807) is 35.3 Å². The maximum atomic E-state index is 14.4. The van der Waals surface area contributed by atoms with E-state index in [-0.39, 0.29) is 60.1 Å². The highest BCUT2D eigenvalue weighted by Gasteiger charge is 2.46. The minimum Gasteiger partial charge on any atom is -0.391 e. The van der Waals surface area contributed by atoms with Crippen molar-refractivity contribution >= 4 is 46.6 Å². The summed E-state index contributed by atoms with van der Waals surface area (Å²) in [5.41, 5.74) is 1.76. The summed E-state index contributed by atoms with van der Waals surface area (Å²) >= 11 is 0. The van der Waals surface area contributed by atoms with Crippen molar-refractivity contribution in [2.75, 3.05) is 49.5 Å². The summed E-state index contributed by atoms with van der Waals surface area (Å²) < 4.78 is 38.4. The van der Waals surface area contributed by atoms with Gasteiger partial charge in [-0.05, 0) is 101 Å². The Balaban J connectivity index is 0.660. The van der Waals surface area contributed by atoms with Gasteiger partial charge >= 0.3 is 0 Å². The van der Waals surface area contributed by atoms with E-state index in [0.29, 0.717) is 46.7 Å². The van der Waals surface area contributed by atoms with Crippen molar-refractivity contribution in [3.05, 3.63) is 70.8 Å². The Hall–Kier alpha value is -5.66. The molecule has 2 saturated carbocycles. The summed E-state index contributed by atoms with van der Waals surface area (Å²) in [5.74, 6) is -0.960. The van der Waals surface area contributed by atoms with E-state index in [4.69, 9.17) is 4.74 Å². The minimum absolute atomic E-state index is 0.0171. The number of ketones is 1. The predicted molar refractivity (Wildman–Crippen MR) is 245 cm³/mol. The maximum Gasteiger partial charge on any atom is 0.282 e. The molecule has 362 valence electrons. The van der Waals surface area contributed by atoms with Crippen molar-refractivity contribution in [1.82, 2.24) is 39.5 Å². The van der Waals surface area contributed by atoms with Crippen LogP contribution in [0.15, 0.2) is 42.9 Å². The van der Waals surface area contributed by atoms with Gasteiger partial charge in [0.05, 0.1) is 52.9 Å². The smallest absolute Gasteiger partial charge is 0.282 e. The number of Topliss-reactive ketones (excluding diaryl/α,β-unsaturated/α-hetero) is 1. The number of likely N-dealkylation sites (tertiary alicyclic amines) is 1. The number of carbonyl (C=O) groups is 5. The molecular weight excluding hydrogens is 879 g/mol. The number of halogens is 2. The number of benzene rings is 1. The molecule has 1 aromatic carbocycles. The number of hydrogen-bond donors (Lipinski definition) is 3. The first-order chi connectivity index (χ1) is 33.0. The number of rotatable bonds is 14. The van der Waals surface area contributed by atoms with Crippen LogP contribution in [0.5, 0.6) is 0 Å². The van der Waals surface area contributed by atoms with Crippen LogP contribution in [0.1, 0.15) is 145 Å². The summed E-state index contributed by atoms with van der Waals surface area (Å²) in [6.45, 7) is 5.03. The lowest BCUT2D eigenvalue weighted by Gasteiger charge is -2.38. The third kappa shape index (κ3) is 9.53. The van der Waals surface area contributed by atoms with Crippen LogP contribution in [0.3, 0.4) is 0 Å². The summed E-state index contributed by atoms with van der Waals surface area (Å²) in [4.78, 5) is 75.2. The van der Waals surface area contributed by atoms with Crippen LogP contribution in [-0.4, -0.2) is 132 Å². The van der Waals surface area contributed by atoms with E-state index in [0.717, 1.165) is 115 Å². The summed E-state index contributed by atoms with van der Waals surface area (Å²) in [7, 11) is 0. The molecule has 3 aromatic heterocycles. The molecule has 4 aliphatic heterocycles. The molecule has 6 aliphatic rings. The van der Waals surface area contributed by atoms with Gasteiger partial charge in [0.15, 0.2) is 11.4 Å². The highest BCUT2D eigenvalue weighted by Crippen LogP contribution is 2.38. The molecular formula is C49H60F2N10O7. The van der Waals surface area contributed by atoms with Gasteiger partial charge in [-0.1, -0.05) is 18.9 Å². The fourth-order valence-corrected chi connectivity index (χ4v) is 11.4. The second-order valence-corrected chi connectivity index (χ2v) is 19.7. The minimum atomic E-state index is -2.82. The van der Waals surface area contributed by atoms with E-state index in [1.165, 1.54) is 10.7 Å². The predicted octanol–water partition coefficient (Wildman–Crippen LogP) is 5.53. The molecule has 7 heterocycles.